The molecule has 0 spiro atoms. The van der Waals surface area contributed by atoms with Crippen molar-refractivity contribution in [1.29, 1.82) is 0 Å². The number of aliphatic imine (C=N–C) groups is 1. The van der Waals surface area contributed by atoms with Crippen molar-refractivity contribution in [1.82, 2.24) is 20.4 Å². The van der Waals surface area contributed by atoms with E-state index in [0.29, 0.717) is 0 Å². The van der Waals surface area contributed by atoms with Crippen molar-refractivity contribution in [3.05, 3.63) is 70.8 Å². The molecular weight excluding hydrogens is 525 g/mol. The molecule has 3 rings (SSSR count). The Bertz CT molecular complexity index is 957. The molecule has 1 heterocycles. The second kappa shape index (κ2) is 12.4. The number of amides is 1. The van der Waals surface area contributed by atoms with Crippen LogP contribution in [0.4, 0.5) is 0 Å². The zero-order valence-electron chi connectivity index (χ0n) is 20.5. The molecule has 0 atom stereocenters. The monoisotopic (exact) mass is 563 g/mol. The molecule has 1 aliphatic rings. The first-order chi connectivity index (χ1) is 15.3. The highest BCUT2D eigenvalue weighted by Gasteiger charge is 2.29. The minimum Gasteiger partial charge on any atom is -0.356 e. The second-order valence-electron chi connectivity index (χ2n) is 9.26. The molecule has 33 heavy (non-hydrogen) atoms. The van der Waals surface area contributed by atoms with Crippen molar-refractivity contribution < 1.29 is 4.79 Å². The summed E-state index contributed by atoms with van der Waals surface area (Å²) in [6, 6.07) is 16.6. The van der Waals surface area contributed by atoms with Gasteiger partial charge in [-0.1, -0.05) is 36.4 Å². The molecule has 2 aromatic rings. The highest BCUT2D eigenvalue weighted by molar-refractivity contribution is 14.0. The third-order valence-corrected chi connectivity index (χ3v) is 6.18. The predicted molar refractivity (Wildman–Crippen MR) is 148 cm³/mol. The fourth-order valence-corrected chi connectivity index (χ4v) is 4.09. The summed E-state index contributed by atoms with van der Waals surface area (Å²) in [7, 11) is 5.35. The Hall–Kier alpha value is -2.13. The first-order valence-corrected chi connectivity index (χ1v) is 11.4. The smallest absolute Gasteiger partial charge is 0.253 e. The van der Waals surface area contributed by atoms with Gasteiger partial charge in [-0.3, -0.25) is 14.7 Å². The van der Waals surface area contributed by atoms with Crippen molar-refractivity contribution in [3.63, 3.8) is 0 Å². The van der Waals surface area contributed by atoms with Gasteiger partial charge in [0.1, 0.15) is 0 Å². The molecule has 0 aliphatic carbocycles. The number of nitrogens with zero attached hydrogens (tertiary/aromatic N) is 3. The van der Waals surface area contributed by atoms with E-state index in [0.717, 1.165) is 56.1 Å². The van der Waals surface area contributed by atoms with Gasteiger partial charge < -0.3 is 15.5 Å². The maximum atomic E-state index is 12.2. The fourth-order valence-electron chi connectivity index (χ4n) is 4.09. The minimum absolute atomic E-state index is 0. The first kappa shape index (κ1) is 27.1. The summed E-state index contributed by atoms with van der Waals surface area (Å²) in [6.07, 6.45) is 1.92. The Kier molecular flexibility index (Phi) is 10.2. The van der Waals surface area contributed by atoms with Gasteiger partial charge in [-0.15, -0.1) is 24.0 Å². The van der Waals surface area contributed by atoms with Gasteiger partial charge in [0.05, 0.1) is 0 Å². The normalized spacial score (nSPS) is 14.2. The quantitative estimate of drug-likeness (QED) is 0.308. The Balaban J connectivity index is 0.00000385. The zero-order chi connectivity index (χ0) is 23.1. The van der Waals surface area contributed by atoms with E-state index in [1.54, 1.807) is 26.0 Å². The third-order valence-electron chi connectivity index (χ3n) is 6.18. The maximum absolute atomic E-state index is 12.2. The number of nitrogens with one attached hydrogen (secondary N) is 2. The lowest BCUT2D eigenvalue weighted by molar-refractivity contribution is 0.0827. The molecule has 1 aliphatic heterocycles. The van der Waals surface area contributed by atoms with Crippen LogP contribution in [-0.2, 0) is 19.4 Å². The van der Waals surface area contributed by atoms with Crippen LogP contribution in [0, 0.1) is 0 Å². The van der Waals surface area contributed by atoms with Crippen molar-refractivity contribution in [3.8, 4) is 0 Å². The van der Waals surface area contributed by atoms with Crippen LogP contribution in [0.25, 0.3) is 0 Å². The topological polar surface area (TPSA) is 60.0 Å². The van der Waals surface area contributed by atoms with Crippen LogP contribution in [0.5, 0.6) is 0 Å². The number of fused-ring (bicyclic) bond motifs is 1. The zero-order valence-corrected chi connectivity index (χ0v) is 22.8. The summed E-state index contributed by atoms with van der Waals surface area (Å²) in [5.41, 5.74) is 4.77. The van der Waals surface area contributed by atoms with E-state index in [4.69, 9.17) is 0 Å². The number of guanidine groups is 1. The summed E-state index contributed by atoms with van der Waals surface area (Å²) < 4.78 is 0. The van der Waals surface area contributed by atoms with Crippen LogP contribution in [0.2, 0.25) is 0 Å². The van der Waals surface area contributed by atoms with Crippen LogP contribution < -0.4 is 10.6 Å². The van der Waals surface area contributed by atoms with E-state index in [1.807, 2.05) is 18.2 Å². The van der Waals surface area contributed by atoms with Gasteiger partial charge in [0.2, 0.25) is 0 Å². The lowest BCUT2D eigenvalue weighted by atomic mass is 9.94. The number of halogens is 1. The molecular formula is C26H38IN5O. The molecule has 0 fully saturated rings. The lowest BCUT2D eigenvalue weighted by Crippen LogP contribution is -2.54. The molecule has 7 heteroatoms. The van der Waals surface area contributed by atoms with Gasteiger partial charge in [-0.05, 0) is 55.5 Å². The highest BCUT2D eigenvalue weighted by Crippen LogP contribution is 2.24. The third kappa shape index (κ3) is 7.43. The van der Waals surface area contributed by atoms with Gasteiger partial charge in [0.15, 0.2) is 5.96 Å². The summed E-state index contributed by atoms with van der Waals surface area (Å²) in [5, 5.41) is 6.90. The largest absolute Gasteiger partial charge is 0.356 e. The lowest BCUT2D eigenvalue weighted by Gasteiger charge is -2.42. The summed E-state index contributed by atoms with van der Waals surface area (Å²) >= 11 is 0. The van der Waals surface area contributed by atoms with Crippen LogP contribution in [0.3, 0.4) is 0 Å². The van der Waals surface area contributed by atoms with Crippen LogP contribution in [0.15, 0.2) is 53.5 Å². The van der Waals surface area contributed by atoms with Crippen LogP contribution in [-0.4, -0.2) is 68.0 Å². The number of benzene rings is 2. The number of carbonyl (C=O) groups is 1. The number of hydrogen-bond donors (Lipinski definition) is 2. The average molecular weight is 564 g/mol. The predicted octanol–water partition coefficient (Wildman–Crippen LogP) is 3.55. The number of hydrogen-bond acceptors (Lipinski definition) is 3. The molecule has 0 radical (unpaired) electrons. The molecule has 2 N–H and O–H groups in total. The van der Waals surface area contributed by atoms with Gasteiger partial charge >= 0.3 is 0 Å². The van der Waals surface area contributed by atoms with Gasteiger partial charge in [0.25, 0.3) is 5.91 Å². The molecule has 0 aromatic heterocycles. The SMILES string of the molecule is CN=C(NCCc1cccc(C(=O)N(C)C)c1)NCC(C)(C)N1CCc2ccccc2C1.I. The summed E-state index contributed by atoms with van der Waals surface area (Å²) in [6.45, 7) is 8.18. The molecule has 1 amide bonds. The Morgan fingerprint density at radius 1 is 1.09 bits per heavy atom. The van der Waals surface area contributed by atoms with E-state index in [1.165, 1.54) is 11.1 Å². The molecule has 0 bridgehead atoms. The molecule has 180 valence electrons. The molecule has 2 aromatic carbocycles. The van der Waals surface area contributed by atoms with E-state index < -0.39 is 0 Å². The Morgan fingerprint density at radius 2 is 1.82 bits per heavy atom. The standard InChI is InChI=1S/C26H37N5O.HI/c1-26(2,31-16-14-21-10-6-7-11-23(21)18-31)19-29-25(27-3)28-15-13-20-9-8-12-22(17-20)24(32)30(4)5;/h6-12,17H,13-16,18-19H2,1-5H3,(H2,27,28,29);1H. The fraction of sp³-hybridized carbons (Fsp3) is 0.462. The van der Waals surface area contributed by atoms with E-state index in [9.17, 15) is 4.79 Å². The number of rotatable bonds is 7. The van der Waals surface area contributed by atoms with E-state index >= 15 is 0 Å². The van der Waals surface area contributed by atoms with Crippen molar-refractivity contribution in [2.75, 3.05) is 40.8 Å². The second-order valence-corrected chi connectivity index (χ2v) is 9.26. The van der Waals surface area contributed by atoms with Crippen LogP contribution >= 0.6 is 24.0 Å². The summed E-state index contributed by atoms with van der Waals surface area (Å²) in [4.78, 5) is 20.7. The van der Waals surface area contributed by atoms with Crippen molar-refractivity contribution in [2.45, 2.75) is 38.8 Å². The molecule has 6 nitrogen and oxygen atoms in total. The van der Waals surface area contributed by atoms with E-state index in [2.05, 4.69) is 64.7 Å². The number of carbonyl (C=O) groups excluding carboxylic acids is 1. The minimum atomic E-state index is 0. The van der Waals surface area contributed by atoms with Crippen molar-refractivity contribution in [2.24, 2.45) is 4.99 Å². The van der Waals surface area contributed by atoms with Crippen LogP contribution in [0.1, 0.15) is 40.9 Å². The van der Waals surface area contributed by atoms with Gasteiger partial charge in [-0.25, -0.2) is 0 Å². The average Bonchev–Trinajstić information content (AvgIpc) is 2.80. The first-order valence-electron chi connectivity index (χ1n) is 11.4. The maximum Gasteiger partial charge on any atom is 0.253 e. The molecule has 0 unspecified atom stereocenters. The van der Waals surface area contributed by atoms with E-state index in [-0.39, 0.29) is 35.4 Å². The Morgan fingerprint density at radius 3 is 2.52 bits per heavy atom. The molecule has 0 saturated heterocycles. The van der Waals surface area contributed by atoms with Gasteiger partial charge in [-0.2, -0.15) is 0 Å². The molecule has 0 saturated carbocycles. The summed E-state index contributed by atoms with van der Waals surface area (Å²) in [5.74, 6) is 0.830. The van der Waals surface area contributed by atoms with Crippen molar-refractivity contribution >= 4 is 35.8 Å². The highest BCUT2D eigenvalue weighted by atomic mass is 127. The van der Waals surface area contributed by atoms with Gasteiger partial charge in [0, 0.05) is 58.4 Å². The Labute approximate surface area is 215 Å².